The minimum atomic E-state index is 0.476. The van der Waals surface area contributed by atoms with Crippen LogP contribution in [-0.2, 0) is 6.61 Å². The summed E-state index contributed by atoms with van der Waals surface area (Å²) in [5, 5.41) is 0. The Morgan fingerprint density at radius 3 is 2.58 bits per heavy atom. The lowest BCUT2D eigenvalue weighted by Crippen LogP contribution is -1.99. The molecule has 0 aliphatic rings. The van der Waals surface area contributed by atoms with E-state index in [0.717, 1.165) is 11.8 Å². The molecule has 0 aromatic heterocycles. The second kappa shape index (κ2) is 6.05. The van der Waals surface area contributed by atoms with Gasteiger partial charge in [-0.1, -0.05) is 24.3 Å². The Kier molecular flexibility index (Phi) is 4.18. The van der Waals surface area contributed by atoms with Crippen molar-refractivity contribution in [3.63, 3.8) is 0 Å². The molecule has 0 amide bonds. The highest BCUT2D eigenvalue weighted by atomic mass is 16.5. The zero-order chi connectivity index (χ0) is 13.7. The van der Waals surface area contributed by atoms with Crippen LogP contribution in [-0.4, -0.2) is 13.4 Å². The van der Waals surface area contributed by atoms with Gasteiger partial charge in [-0.2, -0.15) is 0 Å². The lowest BCUT2D eigenvalue weighted by molar-refractivity contribution is 0.112. The van der Waals surface area contributed by atoms with Crippen molar-refractivity contribution in [2.75, 3.05) is 7.11 Å². The maximum atomic E-state index is 10.7. The van der Waals surface area contributed by atoms with E-state index in [9.17, 15) is 4.79 Å². The quantitative estimate of drug-likeness (QED) is 0.769. The molecule has 19 heavy (non-hydrogen) atoms. The van der Waals surface area contributed by atoms with Gasteiger partial charge in [-0.25, -0.2) is 0 Å². The van der Waals surface area contributed by atoms with Crippen molar-refractivity contribution in [3.05, 3.63) is 59.2 Å². The third kappa shape index (κ3) is 3.13. The molecule has 3 nitrogen and oxygen atoms in total. The van der Waals surface area contributed by atoms with E-state index in [1.54, 1.807) is 25.3 Å². The molecule has 0 saturated heterocycles. The smallest absolute Gasteiger partial charge is 0.161 e. The average Bonchev–Trinajstić information content (AvgIpc) is 2.46. The van der Waals surface area contributed by atoms with Gasteiger partial charge in [0.05, 0.1) is 7.11 Å². The Labute approximate surface area is 112 Å². The van der Waals surface area contributed by atoms with Crippen LogP contribution in [0.2, 0.25) is 0 Å². The van der Waals surface area contributed by atoms with E-state index in [-0.39, 0.29) is 0 Å². The van der Waals surface area contributed by atoms with Crippen LogP contribution < -0.4 is 9.47 Å². The van der Waals surface area contributed by atoms with Crippen molar-refractivity contribution in [1.29, 1.82) is 0 Å². The molecule has 2 aromatic carbocycles. The monoisotopic (exact) mass is 256 g/mol. The van der Waals surface area contributed by atoms with Crippen LogP contribution in [0.4, 0.5) is 0 Å². The lowest BCUT2D eigenvalue weighted by Gasteiger charge is -2.12. The van der Waals surface area contributed by atoms with Crippen LogP contribution in [0.3, 0.4) is 0 Å². The fourth-order valence-electron chi connectivity index (χ4n) is 1.80. The molecule has 2 aromatic rings. The molecular weight excluding hydrogens is 240 g/mol. The lowest BCUT2D eigenvalue weighted by atomic mass is 10.1. The molecule has 0 radical (unpaired) electrons. The number of methoxy groups -OCH3 is 1. The van der Waals surface area contributed by atoms with E-state index in [2.05, 4.69) is 0 Å². The van der Waals surface area contributed by atoms with Gasteiger partial charge in [0, 0.05) is 5.56 Å². The molecule has 3 heteroatoms. The molecule has 0 heterocycles. The van der Waals surface area contributed by atoms with E-state index in [4.69, 9.17) is 9.47 Å². The van der Waals surface area contributed by atoms with Gasteiger partial charge in [0.2, 0.25) is 0 Å². The largest absolute Gasteiger partial charge is 0.493 e. The molecule has 0 aliphatic heterocycles. The zero-order valence-electron chi connectivity index (χ0n) is 11.1. The summed E-state index contributed by atoms with van der Waals surface area (Å²) < 4.78 is 11.0. The van der Waals surface area contributed by atoms with Crippen molar-refractivity contribution in [3.8, 4) is 11.5 Å². The van der Waals surface area contributed by atoms with Crippen LogP contribution in [0.15, 0.2) is 42.5 Å². The third-order valence-corrected chi connectivity index (χ3v) is 2.97. The highest BCUT2D eigenvalue weighted by Gasteiger charge is 2.06. The number of benzene rings is 2. The SMILES string of the molecule is COc1cc(C=O)ccc1OCc1ccccc1C. The van der Waals surface area contributed by atoms with Crippen LogP contribution in [0.1, 0.15) is 21.5 Å². The van der Waals surface area contributed by atoms with Gasteiger partial charge in [-0.3, -0.25) is 4.79 Å². The Balaban J connectivity index is 2.15. The van der Waals surface area contributed by atoms with Crippen LogP contribution >= 0.6 is 0 Å². The number of hydrogen-bond donors (Lipinski definition) is 0. The maximum Gasteiger partial charge on any atom is 0.161 e. The third-order valence-electron chi connectivity index (χ3n) is 2.97. The van der Waals surface area contributed by atoms with E-state index in [1.807, 2.05) is 31.2 Å². The van der Waals surface area contributed by atoms with E-state index < -0.39 is 0 Å². The van der Waals surface area contributed by atoms with Gasteiger partial charge >= 0.3 is 0 Å². The first-order valence-corrected chi connectivity index (χ1v) is 6.05. The maximum absolute atomic E-state index is 10.7. The standard InChI is InChI=1S/C16H16O3/c1-12-5-3-4-6-14(12)11-19-15-8-7-13(10-17)9-16(15)18-2/h3-10H,11H2,1-2H3. The molecule has 0 unspecified atom stereocenters. The predicted octanol–water partition coefficient (Wildman–Crippen LogP) is 3.40. The first kappa shape index (κ1) is 13.1. The fraction of sp³-hybridized carbons (Fsp3) is 0.188. The summed E-state index contributed by atoms with van der Waals surface area (Å²) in [7, 11) is 1.56. The van der Waals surface area contributed by atoms with Gasteiger partial charge in [0.25, 0.3) is 0 Å². The number of aryl methyl sites for hydroxylation is 1. The van der Waals surface area contributed by atoms with Gasteiger partial charge in [0.15, 0.2) is 11.5 Å². The van der Waals surface area contributed by atoms with E-state index in [1.165, 1.54) is 5.56 Å². The minimum Gasteiger partial charge on any atom is -0.493 e. The minimum absolute atomic E-state index is 0.476. The number of carbonyl (C=O) groups excluding carboxylic acids is 1. The van der Waals surface area contributed by atoms with Crippen molar-refractivity contribution < 1.29 is 14.3 Å². The average molecular weight is 256 g/mol. The summed E-state index contributed by atoms with van der Waals surface area (Å²) in [6.45, 7) is 2.52. The highest BCUT2D eigenvalue weighted by Crippen LogP contribution is 2.28. The Morgan fingerprint density at radius 1 is 1.11 bits per heavy atom. The topological polar surface area (TPSA) is 35.5 Å². The zero-order valence-corrected chi connectivity index (χ0v) is 11.1. The summed E-state index contributed by atoms with van der Waals surface area (Å²) in [6.07, 6.45) is 0.785. The van der Waals surface area contributed by atoms with Crippen molar-refractivity contribution in [2.45, 2.75) is 13.5 Å². The van der Waals surface area contributed by atoms with Gasteiger partial charge in [0.1, 0.15) is 12.9 Å². The molecule has 2 rings (SSSR count). The summed E-state index contributed by atoms with van der Waals surface area (Å²) in [5.74, 6) is 1.20. The predicted molar refractivity (Wildman–Crippen MR) is 73.9 cm³/mol. The van der Waals surface area contributed by atoms with Crippen LogP contribution in [0.5, 0.6) is 11.5 Å². The Hall–Kier alpha value is -2.29. The molecule has 98 valence electrons. The highest BCUT2D eigenvalue weighted by molar-refractivity contribution is 5.76. The first-order valence-electron chi connectivity index (χ1n) is 6.05. The van der Waals surface area contributed by atoms with Gasteiger partial charge in [-0.15, -0.1) is 0 Å². The molecule has 0 bridgehead atoms. The van der Waals surface area contributed by atoms with Crippen molar-refractivity contribution in [2.24, 2.45) is 0 Å². The van der Waals surface area contributed by atoms with Gasteiger partial charge < -0.3 is 9.47 Å². The van der Waals surface area contributed by atoms with Crippen molar-refractivity contribution in [1.82, 2.24) is 0 Å². The molecule has 0 atom stereocenters. The van der Waals surface area contributed by atoms with E-state index in [0.29, 0.717) is 23.7 Å². The number of hydrogen-bond acceptors (Lipinski definition) is 3. The first-order chi connectivity index (χ1) is 9.24. The molecule has 0 spiro atoms. The molecule has 0 N–H and O–H groups in total. The van der Waals surface area contributed by atoms with Gasteiger partial charge in [-0.05, 0) is 36.2 Å². The van der Waals surface area contributed by atoms with Crippen LogP contribution in [0, 0.1) is 6.92 Å². The molecule has 0 fully saturated rings. The summed E-state index contributed by atoms with van der Waals surface area (Å²) in [4.78, 5) is 10.7. The number of ether oxygens (including phenoxy) is 2. The molecule has 0 aliphatic carbocycles. The fourth-order valence-corrected chi connectivity index (χ4v) is 1.80. The van der Waals surface area contributed by atoms with Crippen LogP contribution in [0.25, 0.3) is 0 Å². The summed E-state index contributed by atoms with van der Waals surface area (Å²) >= 11 is 0. The second-order valence-corrected chi connectivity index (χ2v) is 4.24. The normalized spacial score (nSPS) is 10.0. The summed E-state index contributed by atoms with van der Waals surface area (Å²) in [6, 6.07) is 13.2. The molecule has 0 saturated carbocycles. The summed E-state index contributed by atoms with van der Waals surface area (Å²) in [5.41, 5.74) is 2.88. The second-order valence-electron chi connectivity index (χ2n) is 4.24. The van der Waals surface area contributed by atoms with Crippen molar-refractivity contribution >= 4 is 6.29 Å². The molecular formula is C16H16O3. The Bertz CT molecular complexity index is 576. The number of carbonyl (C=O) groups is 1. The Morgan fingerprint density at radius 2 is 1.89 bits per heavy atom. The number of aldehydes is 1. The van der Waals surface area contributed by atoms with E-state index >= 15 is 0 Å². The number of rotatable bonds is 5.